The number of hydrogen-bond donors (Lipinski definition) is 2. The van der Waals surface area contributed by atoms with Crippen LogP contribution in [0.2, 0.25) is 5.15 Å². The zero-order valence-corrected chi connectivity index (χ0v) is 21.4. The van der Waals surface area contributed by atoms with Gasteiger partial charge < -0.3 is 19.0 Å². The SMILES string of the molecule is COc1cccc(OC)c1-n1c(NS(=O)(=O)[C@@H](C)[C@@H](O)c2cccc(Cl)n2)nnc1-c1ccc(C)o1. The van der Waals surface area contributed by atoms with Crippen LogP contribution in [0.25, 0.3) is 17.3 Å². The van der Waals surface area contributed by atoms with E-state index in [0.29, 0.717) is 28.7 Å². The van der Waals surface area contributed by atoms with Crippen LogP contribution in [-0.2, 0) is 10.0 Å². The van der Waals surface area contributed by atoms with Crippen molar-refractivity contribution >= 4 is 27.6 Å². The van der Waals surface area contributed by atoms with Crippen molar-refractivity contribution in [3.05, 3.63) is 65.1 Å². The minimum Gasteiger partial charge on any atom is -0.494 e. The number of nitrogens with one attached hydrogen (secondary N) is 1. The molecule has 4 rings (SSSR count). The van der Waals surface area contributed by atoms with E-state index in [1.54, 1.807) is 43.3 Å². The van der Waals surface area contributed by atoms with Gasteiger partial charge in [-0.1, -0.05) is 23.7 Å². The Bertz CT molecular complexity index is 1460. The highest BCUT2D eigenvalue weighted by atomic mass is 35.5. The summed E-state index contributed by atoms with van der Waals surface area (Å²) in [5.74, 6) is 1.74. The zero-order valence-electron chi connectivity index (χ0n) is 19.8. The monoisotopic (exact) mass is 533 g/mol. The van der Waals surface area contributed by atoms with Gasteiger partial charge in [0, 0.05) is 0 Å². The lowest BCUT2D eigenvalue weighted by molar-refractivity contribution is 0.171. The Morgan fingerprint density at radius 2 is 1.72 bits per heavy atom. The van der Waals surface area contributed by atoms with E-state index >= 15 is 0 Å². The van der Waals surface area contributed by atoms with Gasteiger partial charge in [-0.3, -0.25) is 9.29 Å². The van der Waals surface area contributed by atoms with Crippen LogP contribution in [-0.4, -0.2) is 52.7 Å². The van der Waals surface area contributed by atoms with Crippen molar-refractivity contribution in [1.29, 1.82) is 0 Å². The van der Waals surface area contributed by atoms with Crippen LogP contribution in [0.3, 0.4) is 0 Å². The van der Waals surface area contributed by atoms with Gasteiger partial charge >= 0.3 is 0 Å². The summed E-state index contributed by atoms with van der Waals surface area (Å²) in [7, 11) is -1.28. The molecule has 0 spiro atoms. The minimum atomic E-state index is -4.23. The number of aliphatic hydroxyl groups excluding tert-OH is 1. The molecule has 0 radical (unpaired) electrons. The van der Waals surface area contributed by atoms with Gasteiger partial charge in [-0.25, -0.2) is 13.4 Å². The van der Waals surface area contributed by atoms with E-state index in [2.05, 4.69) is 19.9 Å². The van der Waals surface area contributed by atoms with E-state index in [4.69, 9.17) is 25.5 Å². The molecule has 1 aromatic carbocycles. The van der Waals surface area contributed by atoms with Gasteiger partial charge in [0.05, 0.1) is 19.9 Å². The van der Waals surface area contributed by atoms with Crippen molar-refractivity contribution in [2.45, 2.75) is 25.2 Å². The Hall–Kier alpha value is -3.61. The normalized spacial score (nSPS) is 13.3. The van der Waals surface area contributed by atoms with Gasteiger partial charge in [0.2, 0.25) is 21.8 Å². The predicted molar refractivity (Wildman–Crippen MR) is 133 cm³/mol. The number of benzene rings is 1. The van der Waals surface area contributed by atoms with E-state index in [0.717, 1.165) is 0 Å². The number of furan rings is 1. The van der Waals surface area contributed by atoms with Gasteiger partial charge in [-0.15, -0.1) is 10.2 Å². The van der Waals surface area contributed by atoms with Crippen LogP contribution in [0.1, 0.15) is 24.5 Å². The van der Waals surface area contributed by atoms with Crippen LogP contribution in [0.4, 0.5) is 5.95 Å². The molecule has 11 nitrogen and oxygen atoms in total. The molecule has 0 aliphatic carbocycles. The molecule has 3 aromatic heterocycles. The average molecular weight is 534 g/mol. The van der Waals surface area contributed by atoms with Gasteiger partial charge in [0.1, 0.15) is 39.5 Å². The first kappa shape index (κ1) is 25.5. The van der Waals surface area contributed by atoms with E-state index in [9.17, 15) is 13.5 Å². The lowest BCUT2D eigenvalue weighted by Gasteiger charge is -2.21. The fourth-order valence-corrected chi connectivity index (χ4v) is 4.77. The number of methoxy groups -OCH3 is 2. The smallest absolute Gasteiger partial charge is 0.243 e. The van der Waals surface area contributed by atoms with Gasteiger partial charge in [0.15, 0.2) is 5.76 Å². The largest absolute Gasteiger partial charge is 0.494 e. The van der Waals surface area contributed by atoms with Crippen molar-refractivity contribution < 1.29 is 27.4 Å². The first-order valence-electron chi connectivity index (χ1n) is 10.7. The number of rotatable bonds is 9. The second kappa shape index (κ2) is 10.2. The van der Waals surface area contributed by atoms with Crippen LogP contribution in [0.15, 0.2) is 52.9 Å². The number of sulfonamides is 1. The number of nitrogens with zero attached hydrogens (tertiary/aromatic N) is 4. The molecule has 13 heteroatoms. The number of pyridine rings is 1. The Kier molecular flexibility index (Phi) is 7.20. The molecule has 0 aliphatic heterocycles. The molecule has 0 bridgehead atoms. The number of para-hydroxylation sites is 1. The summed E-state index contributed by atoms with van der Waals surface area (Å²) in [4.78, 5) is 4.02. The summed E-state index contributed by atoms with van der Waals surface area (Å²) in [6.07, 6.45) is -1.47. The summed E-state index contributed by atoms with van der Waals surface area (Å²) in [6.45, 7) is 3.11. The Morgan fingerprint density at radius 3 is 2.31 bits per heavy atom. The third-order valence-electron chi connectivity index (χ3n) is 5.46. The molecule has 0 amide bonds. The number of ether oxygens (including phenoxy) is 2. The summed E-state index contributed by atoms with van der Waals surface area (Å²) >= 11 is 5.90. The maximum atomic E-state index is 13.3. The second-order valence-corrected chi connectivity index (χ2v) is 10.2. The Balaban J connectivity index is 1.82. The van der Waals surface area contributed by atoms with Crippen LogP contribution in [0.5, 0.6) is 11.5 Å². The fourth-order valence-electron chi connectivity index (χ4n) is 3.55. The summed E-state index contributed by atoms with van der Waals surface area (Å²) in [5, 5.41) is 17.8. The van der Waals surface area contributed by atoms with E-state index < -0.39 is 21.4 Å². The standard InChI is InChI=1S/C23H24ClN5O6S/c1-13-11-12-18(35-13)22-26-27-23(29(22)20-16(33-3)8-6-9-17(20)34-4)28-36(31,32)14(2)21(30)15-7-5-10-19(24)25-15/h5-12,14,21,30H,1-4H3,(H,27,28)/t14-,21+/m0/s1. The molecular formula is C23H24ClN5O6S. The molecule has 190 valence electrons. The maximum Gasteiger partial charge on any atom is 0.243 e. The van der Waals surface area contributed by atoms with Crippen LogP contribution < -0.4 is 14.2 Å². The fraction of sp³-hybridized carbons (Fsp3) is 0.261. The Morgan fingerprint density at radius 1 is 1.06 bits per heavy atom. The van der Waals surface area contributed by atoms with E-state index in [-0.39, 0.29) is 22.6 Å². The van der Waals surface area contributed by atoms with Crippen molar-refractivity contribution in [3.8, 4) is 28.8 Å². The van der Waals surface area contributed by atoms with Crippen molar-refractivity contribution in [2.75, 3.05) is 18.9 Å². The molecule has 0 aliphatic rings. The molecular weight excluding hydrogens is 510 g/mol. The minimum absolute atomic E-state index is 0.111. The van der Waals surface area contributed by atoms with E-state index in [1.807, 2.05) is 0 Å². The topological polar surface area (TPSA) is 142 Å². The molecule has 4 aromatic rings. The van der Waals surface area contributed by atoms with Gasteiger partial charge in [0.25, 0.3) is 0 Å². The molecule has 2 atom stereocenters. The second-order valence-electron chi connectivity index (χ2n) is 7.79. The first-order valence-corrected chi connectivity index (χ1v) is 12.6. The summed E-state index contributed by atoms with van der Waals surface area (Å²) in [5.41, 5.74) is 0.457. The third-order valence-corrected chi connectivity index (χ3v) is 7.37. The Labute approximate surface area is 212 Å². The average Bonchev–Trinajstić information content (AvgIpc) is 3.47. The molecule has 3 heterocycles. The number of hydrogen-bond acceptors (Lipinski definition) is 9. The van der Waals surface area contributed by atoms with Crippen LogP contribution >= 0.6 is 11.6 Å². The lowest BCUT2D eigenvalue weighted by atomic mass is 10.2. The number of aromatic nitrogens is 4. The van der Waals surface area contributed by atoms with Crippen molar-refractivity contribution in [3.63, 3.8) is 0 Å². The number of aliphatic hydroxyl groups is 1. The van der Waals surface area contributed by atoms with Gasteiger partial charge in [-0.2, -0.15) is 0 Å². The quantitative estimate of drug-likeness (QED) is 0.307. The number of anilines is 1. The molecule has 0 unspecified atom stereocenters. The molecule has 0 saturated carbocycles. The van der Waals surface area contributed by atoms with Crippen molar-refractivity contribution in [2.24, 2.45) is 0 Å². The maximum absolute atomic E-state index is 13.3. The number of halogens is 1. The molecule has 0 saturated heterocycles. The molecule has 0 fully saturated rings. The summed E-state index contributed by atoms with van der Waals surface area (Å²) < 4.78 is 47.3. The molecule has 2 N–H and O–H groups in total. The van der Waals surface area contributed by atoms with Crippen LogP contribution in [0, 0.1) is 6.92 Å². The highest BCUT2D eigenvalue weighted by Gasteiger charge is 2.33. The zero-order chi connectivity index (χ0) is 26.0. The highest BCUT2D eigenvalue weighted by Crippen LogP contribution is 2.38. The summed E-state index contributed by atoms with van der Waals surface area (Å²) in [6, 6.07) is 13.1. The lowest BCUT2D eigenvalue weighted by Crippen LogP contribution is -2.32. The third kappa shape index (κ3) is 4.87. The van der Waals surface area contributed by atoms with Gasteiger partial charge in [-0.05, 0) is 50.2 Å². The predicted octanol–water partition coefficient (Wildman–Crippen LogP) is 3.77. The van der Waals surface area contributed by atoms with E-state index in [1.165, 1.54) is 37.8 Å². The highest BCUT2D eigenvalue weighted by molar-refractivity contribution is 7.93. The number of aryl methyl sites for hydroxylation is 1. The molecule has 36 heavy (non-hydrogen) atoms. The first-order chi connectivity index (χ1) is 17.2. The van der Waals surface area contributed by atoms with Crippen molar-refractivity contribution in [1.82, 2.24) is 19.7 Å².